The molecule has 0 bridgehead atoms. The van der Waals surface area contributed by atoms with Crippen molar-refractivity contribution in [2.75, 3.05) is 31.0 Å². The van der Waals surface area contributed by atoms with Crippen LogP contribution in [0, 0.1) is 5.92 Å². The molecule has 1 saturated heterocycles. The molecule has 0 radical (unpaired) electrons. The fraction of sp³-hybridized carbons (Fsp3) is 0.391. The Balaban J connectivity index is 1.83. The molecule has 2 amide bonds. The van der Waals surface area contributed by atoms with Gasteiger partial charge in [-0.2, -0.15) is 0 Å². The molecule has 0 saturated carbocycles. The van der Waals surface area contributed by atoms with E-state index in [2.05, 4.69) is 5.32 Å². The number of nitrogens with zero attached hydrogens (tertiary/aromatic N) is 1. The van der Waals surface area contributed by atoms with E-state index in [1.54, 1.807) is 37.3 Å². The number of methoxy groups -OCH3 is 2. The number of hydrogen-bond donors (Lipinski definition) is 1. The summed E-state index contributed by atoms with van der Waals surface area (Å²) in [7, 11) is 3.11. The second kappa shape index (κ2) is 9.39. The highest BCUT2D eigenvalue weighted by atomic mass is 35.5. The Bertz CT molecular complexity index is 960. The molecule has 1 N–H and O–H groups in total. The SMILES string of the molecule is CCc1ccc(Cl)c(CC)c1NC(=O)C1CC(=O)N(c2ccc(OC)cc2OC)C1. The normalized spacial score (nSPS) is 16.0. The molecule has 1 unspecified atom stereocenters. The number of amides is 2. The maximum atomic E-state index is 13.1. The van der Waals surface area contributed by atoms with Gasteiger partial charge in [-0.05, 0) is 42.2 Å². The number of carbonyl (C=O) groups excluding carboxylic acids is 2. The summed E-state index contributed by atoms with van der Waals surface area (Å²) in [5.41, 5.74) is 3.35. The van der Waals surface area contributed by atoms with Gasteiger partial charge in [0.25, 0.3) is 0 Å². The summed E-state index contributed by atoms with van der Waals surface area (Å²) in [5, 5.41) is 3.69. The van der Waals surface area contributed by atoms with E-state index in [4.69, 9.17) is 21.1 Å². The van der Waals surface area contributed by atoms with Gasteiger partial charge in [0.05, 0.1) is 25.8 Å². The Morgan fingerprint density at radius 2 is 1.93 bits per heavy atom. The average molecular weight is 431 g/mol. The van der Waals surface area contributed by atoms with Gasteiger partial charge in [0.2, 0.25) is 11.8 Å². The molecular weight excluding hydrogens is 404 g/mol. The first-order valence-corrected chi connectivity index (χ1v) is 10.4. The van der Waals surface area contributed by atoms with Crippen molar-refractivity contribution in [3.8, 4) is 11.5 Å². The summed E-state index contributed by atoms with van der Waals surface area (Å²) >= 11 is 6.35. The van der Waals surface area contributed by atoms with Crippen LogP contribution in [0.5, 0.6) is 11.5 Å². The van der Waals surface area contributed by atoms with Gasteiger partial charge in [-0.1, -0.05) is 31.5 Å². The largest absolute Gasteiger partial charge is 0.497 e. The summed E-state index contributed by atoms with van der Waals surface area (Å²) in [6, 6.07) is 9.07. The lowest BCUT2D eigenvalue weighted by atomic mass is 10.0. The van der Waals surface area contributed by atoms with E-state index in [9.17, 15) is 9.59 Å². The zero-order valence-corrected chi connectivity index (χ0v) is 18.5. The summed E-state index contributed by atoms with van der Waals surface area (Å²) in [6.45, 7) is 4.33. The third-order valence-electron chi connectivity index (χ3n) is 5.50. The molecule has 7 heteroatoms. The molecule has 1 aliphatic heterocycles. The fourth-order valence-corrected chi connectivity index (χ4v) is 4.11. The monoisotopic (exact) mass is 430 g/mol. The Morgan fingerprint density at radius 1 is 1.17 bits per heavy atom. The third-order valence-corrected chi connectivity index (χ3v) is 5.85. The number of benzene rings is 2. The van der Waals surface area contributed by atoms with Crippen molar-refractivity contribution in [2.24, 2.45) is 5.92 Å². The molecule has 6 nitrogen and oxygen atoms in total. The van der Waals surface area contributed by atoms with Crippen molar-refractivity contribution in [3.63, 3.8) is 0 Å². The maximum Gasteiger partial charge on any atom is 0.229 e. The molecule has 2 aromatic rings. The molecule has 30 heavy (non-hydrogen) atoms. The maximum absolute atomic E-state index is 13.1. The summed E-state index contributed by atoms with van der Waals surface area (Å²) in [6.07, 6.45) is 1.63. The predicted octanol–water partition coefficient (Wildman–Crippen LogP) is 4.47. The van der Waals surface area contributed by atoms with Crippen LogP contribution in [0.4, 0.5) is 11.4 Å². The predicted molar refractivity (Wildman–Crippen MR) is 119 cm³/mol. The van der Waals surface area contributed by atoms with Crippen LogP contribution in [-0.2, 0) is 22.4 Å². The third kappa shape index (κ3) is 4.24. The smallest absolute Gasteiger partial charge is 0.229 e. The lowest BCUT2D eigenvalue weighted by molar-refractivity contribution is -0.122. The van der Waals surface area contributed by atoms with Crippen LogP contribution in [0.2, 0.25) is 5.02 Å². The van der Waals surface area contributed by atoms with Crippen molar-refractivity contribution >= 4 is 34.8 Å². The first kappa shape index (κ1) is 22.0. The lowest BCUT2D eigenvalue weighted by Gasteiger charge is -2.21. The van der Waals surface area contributed by atoms with E-state index in [1.165, 1.54) is 0 Å². The molecule has 1 heterocycles. The average Bonchev–Trinajstić information content (AvgIpc) is 3.15. The first-order chi connectivity index (χ1) is 14.4. The van der Waals surface area contributed by atoms with Gasteiger partial charge in [0.1, 0.15) is 11.5 Å². The number of rotatable bonds is 7. The van der Waals surface area contributed by atoms with Crippen LogP contribution in [0.15, 0.2) is 30.3 Å². The minimum Gasteiger partial charge on any atom is -0.497 e. The van der Waals surface area contributed by atoms with Gasteiger partial charge in [0, 0.05) is 29.7 Å². The summed E-state index contributed by atoms with van der Waals surface area (Å²) < 4.78 is 10.6. The molecular formula is C23H27ClN2O4. The summed E-state index contributed by atoms with van der Waals surface area (Å²) in [5.74, 6) is 0.413. The van der Waals surface area contributed by atoms with E-state index >= 15 is 0 Å². The number of aryl methyl sites for hydroxylation is 1. The Labute approximate surface area is 182 Å². The molecule has 1 atom stereocenters. The number of carbonyl (C=O) groups is 2. The van der Waals surface area contributed by atoms with Crippen LogP contribution >= 0.6 is 11.6 Å². The Morgan fingerprint density at radius 3 is 2.57 bits per heavy atom. The van der Waals surface area contributed by atoms with Crippen molar-refractivity contribution in [2.45, 2.75) is 33.1 Å². The highest BCUT2D eigenvalue weighted by Crippen LogP contribution is 2.36. The highest BCUT2D eigenvalue weighted by Gasteiger charge is 2.36. The van der Waals surface area contributed by atoms with Gasteiger partial charge in [-0.25, -0.2) is 0 Å². The van der Waals surface area contributed by atoms with E-state index in [1.807, 2.05) is 26.0 Å². The van der Waals surface area contributed by atoms with E-state index in [-0.39, 0.29) is 24.8 Å². The molecule has 1 aliphatic rings. The van der Waals surface area contributed by atoms with E-state index in [0.717, 1.165) is 23.2 Å². The van der Waals surface area contributed by atoms with Crippen molar-refractivity contribution in [3.05, 3.63) is 46.5 Å². The van der Waals surface area contributed by atoms with Gasteiger partial charge >= 0.3 is 0 Å². The van der Waals surface area contributed by atoms with Crippen LogP contribution in [0.3, 0.4) is 0 Å². The van der Waals surface area contributed by atoms with Crippen LogP contribution in [0.1, 0.15) is 31.4 Å². The van der Waals surface area contributed by atoms with E-state index in [0.29, 0.717) is 28.6 Å². The number of ether oxygens (including phenoxy) is 2. The number of nitrogens with one attached hydrogen (secondary N) is 1. The molecule has 0 spiro atoms. The standard InChI is InChI=1S/C23H27ClN2O4/c1-5-14-7-9-18(24)17(6-2)22(14)25-23(28)15-11-21(27)26(13-15)19-10-8-16(29-3)12-20(19)30-4/h7-10,12,15H,5-6,11,13H2,1-4H3,(H,25,28). The fourth-order valence-electron chi connectivity index (χ4n) is 3.82. The first-order valence-electron chi connectivity index (χ1n) is 10.1. The highest BCUT2D eigenvalue weighted by molar-refractivity contribution is 6.32. The van der Waals surface area contributed by atoms with Crippen molar-refractivity contribution in [1.29, 1.82) is 0 Å². The van der Waals surface area contributed by atoms with Crippen LogP contribution in [0.25, 0.3) is 0 Å². The number of anilines is 2. The molecule has 2 aromatic carbocycles. The second-order valence-corrected chi connectivity index (χ2v) is 7.61. The van der Waals surface area contributed by atoms with Gasteiger partial charge in [-0.15, -0.1) is 0 Å². The van der Waals surface area contributed by atoms with Gasteiger partial charge < -0.3 is 19.7 Å². The van der Waals surface area contributed by atoms with Crippen LogP contribution < -0.4 is 19.7 Å². The lowest BCUT2D eigenvalue weighted by Crippen LogP contribution is -2.29. The zero-order valence-electron chi connectivity index (χ0n) is 17.8. The van der Waals surface area contributed by atoms with E-state index < -0.39 is 5.92 Å². The number of hydrogen-bond acceptors (Lipinski definition) is 4. The summed E-state index contributed by atoms with van der Waals surface area (Å²) in [4.78, 5) is 27.4. The molecule has 0 aliphatic carbocycles. The molecule has 1 fully saturated rings. The topological polar surface area (TPSA) is 67.9 Å². The minimum absolute atomic E-state index is 0.115. The number of halogens is 1. The Hall–Kier alpha value is -2.73. The zero-order chi connectivity index (χ0) is 21.8. The molecule has 3 rings (SSSR count). The second-order valence-electron chi connectivity index (χ2n) is 7.20. The Kier molecular flexibility index (Phi) is 6.87. The van der Waals surface area contributed by atoms with Gasteiger partial charge in [-0.3, -0.25) is 9.59 Å². The van der Waals surface area contributed by atoms with Crippen LogP contribution in [-0.4, -0.2) is 32.6 Å². The minimum atomic E-state index is -0.460. The van der Waals surface area contributed by atoms with Crippen molar-refractivity contribution in [1.82, 2.24) is 0 Å². The molecule has 160 valence electrons. The van der Waals surface area contributed by atoms with Crippen molar-refractivity contribution < 1.29 is 19.1 Å². The molecule has 0 aromatic heterocycles. The quantitative estimate of drug-likeness (QED) is 0.703. The van der Waals surface area contributed by atoms with Gasteiger partial charge in [0.15, 0.2) is 0 Å².